The van der Waals surface area contributed by atoms with Gasteiger partial charge in [0.15, 0.2) is 0 Å². The molecular formula is C19H24Cl3N3O2. The molecule has 2 aromatic rings. The molecule has 148 valence electrons. The Morgan fingerprint density at radius 1 is 1.26 bits per heavy atom. The van der Waals surface area contributed by atoms with Gasteiger partial charge in [-0.1, -0.05) is 11.6 Å². The first-order valence-electron chi connectivity index (χ1n) is 8.54. The number of hydrogen-bond donors (Lipinski definition) is 1. The number of nitrogens with zero attached hydrogens (tertiary/aromatic N) is 2. The van der Waals surface area contributed by atoms with Crippen molar-refractivity contribution < 1.29 is 9.53 Å². The number of rotatable bonds is 5. The fourth-order valence-corrected chi connectivity index (χ4v) is 3.37. The van der Waals surface area contributed by atoms with Crippen LogP contribution < -0.4 is 10.5 Å². The largest absolute Gasteiger partial charge is 0.456 e. The van der Waals surface area contributed by atoms with E-state index in [9.17, 15) is 4.79 Å². The molecule has 1 aliphatic heterocycles. The molecule has 1 atom stereocenters. The fraction of sp³-hybridized carbons (Fsp3) is 0.368. The molecule has 0 spiro atoms. The van der Waals surface area contributed by atoms with Gasteiger partial charge < -0.3 is 15.4 Å². The SMILES string of the molecule is Cl.Cl.NCCC1CCCN(C(=O)c2ccc(Oc3ccncc3)c(Cl)c2)C1. The first-order chi connectivity index (χ1) is 12.2. The van der Waals surface area contributed by atoms with Crippen molar-refractivity contribution in [2.75, 3.05) is 19.6 Å². The number of pyridine rings is 1. The van der Waals surface area contributed by atoms with Gasteiger partial charge in [0.05, 0.1) is 5.02 Å². The minimum absolute atomic E-state index is 0. The smallest absolute Gasteiger partial charge is 0.253 e. The van der Waals surface area contributed by atoms with Crippen LogP contribution in [0.15, 0.2) is 42.7 Å². The minimum Gasteiger partial charge on any atom is -0.456 e. The van der Waals surface area contributed by atoms with Crippen molar-refractivity contribution in [2.24, 2.45) is 11.7 Å². The van der Waals surface area contributed by atoms with E-state index in [0.717, 1.165) is 32.4 Å². The van der Waals surface area contributed by atoms with Crippen LogP contribution in [0, 0.1) is 5.92 Å². The van der Waals surface area contributed by atoms with Gasteiger partial charge in [-0.05, 0) is 62.1 Å². The Morgan fingerprint density at radius 3 is 2.67 bits per heavy atom. The monoisotopic (exact) mass is 431 g/mol. The lowest BCUT2D eigenvalue weighted by Gasteiger charge is -2.32. The minimum atomic E-state index is 0. The maximum atomic E-state index is 12.8. The van der Waals surface area contributed by atoms with E-state index in [0.29, 0.717) is 34.5 Å². The summed E-state index contributed by atoms with van der Waals surface area (Å²) in [5.41, 5.74) is 6.24. The Bertz CT molecular complexity index is 729. The number of likely N-dealkylation sites (tertiary alicyclic amines) is 1. The van der Waals surface area contributed by atoms with Gasteiger partial charge in [0.1, 0.15) is 11.5 Å². The molecule has 1 aliphatic rings. The maximum absolute atomic E-state index is 12.8. The van der Waals surface area contributed by atoms with Gasteiger partial charge in [-0.25, -0.2) is 0 Å². The van der Waals surface area contributed by atoms with Gasteiger partial charge in [-0.15, -0.1) is 24.8 Å². The topological polar surface area (TPSA) is 68.5 Å². The van der Waals surface area contributed by atoms with Crippen molar-refractivity contribution in [1.29, 1.82) is 0 Å². The van der Waals surface area contributed by atoms with Crippen molar-refractivity contribution in [2.45, 2.75) is 19.3 Å². The zero-order valence-electron chi connectivity index (χ0n) is 14.8. The molecule has 3 rings (SSSR count). The first-order valence-corrected chi connectivity index (χ1v) is 8.92. The molecule has 0 radical (unpaired) electrons. The van der Waals surface area contributed by atoms with Crippen LogP contribution in [-0.2, 0) is 0 Å². The van der Waals surface area contributed by atoms with Gasteiger partial charge in [-0.2, -0.15) is 0 Å². The first kappa shape index (κ1) is 23.5. The van der Waals surface area contributed by atoms with E-state index in [1.165, 1.54) is 0 Å². The predicted molar refractivity (Wildman–Crippen MR) is 113 cm³/mol. The summed E-state index contributed by atoms with van der Waals surface area (Å²) in [5.74, 6) is 1.67. The number of piperidine rings is 1. The molecule has 5 nitrogen and oxygen atoms in total. The third-order valence-electron chi connectivity index (χ3n) is 4.44. The molecule has 1 aromatic heterocycles. The van der Waals surface area contributed by atoms with E-state index in [1.807, 2.05) is 4.90 Å². The maximum Gasteiger partial charge on any atom is 0.253 e. The average Bonchev–Trinajstić information content (AvgIpc) is 2.64. The van der Waals surface area contributed by atoms with E-state index in [2.05, 4.69) is 4.98 Å². The predicted octanol–water partition coefficient (Wildman–Crippen LogP) is 4.57. The van der Waals surface area contributed by atoms with Gasteiger partial charge in [0.25, 0.3) is 5.91 Å². The Kier molecular flexibility index (Phi) is 9.88. The van der Waals surface area contributed by atoms with Crippen LogP contribution in [0.5, 0.6) is 11.5 Å². The molecule has 1 amide bonds. The molecule has 1 saturated heterocycles. The number of carbonyl (C=O) groups is 1. The molecular weight excluding hydrogens is 409 g/mol. The summed E-state index contributed by atoms with van der Waals surface area (Å²) in [7, 11) is 0. The Hall–Kier alpha value is -1.53. The second kappa shape index (κ2) is 11.3. The summed E-state index contributed by atoms with van der Waals surface area (Å²) in [6.45, 7) is 2.22. The zero-order valence-corrected chi connectivity index (χ0v) is 17.2. The Balaban J connectivity index is 0.00000182. The average molecular weight is 433 g/mol. The molecule has 1 unspecified atom stereocenters. The lowest BCUT2D eigenvalue weighted by atomic mass is 9.94. The van der Waals surface area contributed by atoms with Crippen molar-refractivity contribution >= 4 is 42.3 Å². The number of benzene rings is 1. The van der Waals surface area contributed by atoms with Crippen molar-refractivity contribution in [3.63, 3.8) is 0 Å². The zero-order chi connectivity index (χ0) is 17.6. The summed E-state index contributed by atoms with van der Waals surface area (Å²) >= 11 is 6.31. The highest BCUT2D eigenvalue weighted by atomic mass is 35.5. The third-order valence-corrected chi connectivity index (χ3v) is 4.73. The lowest BCUT2D eigenvalue weighted by molar-refractivity contribution is 0.0669. The van der Waals surface area contributed by atoms with Gasteiger partial charge in [0.2, 0.25) is 0 Å². The van der Waals surface area contributed by atoms with E-state index in [4.69, 9.17) is 22.1 Å². The van der Waals surface area contributed by atoms with Crippen LogP contribution >= 0.6 is 36.4 Å². The number of amides is 1. The van der Waals surface area contributed by atoms with E-state index >= 15 is 0 Å². The molecule has 0 aliphatic carbocycles. The highest BCUT2D eigenvalue weighted by Crippen LogP contribution is 2.30. The Labute approximate surface area is 177 Å². The van der Waals surface area contributed by atoms with Gasteiger partial charge >= 0.3 is 0 Å². The number of ether oxygens (including phenoxy) is 1. The molecule has 8 heteroatoms. The Morgan fingerprint density at radius 2 is 2.00 bits per heavy atom. The van der Waals surface area contributed by atoms with Gasteiger partial charge in [0, 0.05) is 31.0 Å². The number of nitrogens with two attached hydrogens (primary N) is 1. The van der Waals surface area contributed by atoms with E-state index in [-0.39, 0.29) is 30.7 Å². The molecule has 1 aromatic carbocycles. The molecule has 2 heterocycles. The lowest BCUT2D eigenvalue weighted by Crippen LogP contribution is -2.40. The fourth-order valence-electron chi connectivity index (χ4n) is 3.15. The van der Waals surface area contributed by atoms with Gasteiger partial charge in [-0.3, -0.25) is 9.78 Å². The van der Waals surface area contributed by atoms with Crippen LogP contribution in [0.3, 0.4) is 0 Å². The van der Waals surface area contributed by atoms with Crippen LogP contribution in [0.25, 0.3) is 0 Å². The summed E-state index contributed by atoms with van der Waals surface area (Å²) in [5, 5.41) is 0.415. The number of aromatic nitrogens is 1. The normalized spacial score (nSPS) is 16.1. The van der Waals surface area contributed by atoms with Crippen LogP contribution in [0.2, 0.25) is 5.02 Å². The second-order valence-electron chi connectivity index (χ2n) is 6.27. The highest BCUT2D eigenvalue weighted by molar-refractivity contribution is 6.32. The standard InChI is InChI=1S/C19H22ClN3O2.2ClH/c20-17-12-15(3-4-18(17)25-16-6-9-22-10-7-16)19(24)23-11-1-2-14(13-23)5-8-21;;/h3-4,6-7,9-10,12,14H,1-2,5,8,11,13,21H2;2*1H. The van der Waals surface area contributed by atoms with Crippen LogP contribution in [0.4, 0.5) is 0 Å². The van der Waals surface area contributed by atoms with Crippen LogP contribution in [0.1, 0.15) is 29.6 Å². The van der Waals surface area contributed by atoms with Crippen LogP contribution in [-0.4, -0.2) is 35.4 Å². The molecule has 0 bridgehead atoms. The summed E-state index contributed by atoms with van der Waals surface area (Å²) < 4.78 is 5.73. The summed E-state index contributed by atoms with van der Waals surface area (Å²) in [6.07, 6.45) is 6.42. The number of hydrogen-bond acceptors (Lipinski definition) is 4. The summed E-state index contributed by atoms with van der Waals surface area (Å²) in [6, 6.07) is 8.67. The second-order valence-corrected chi connectivity index (χ2v) is 6.67. The number of carbonyl (C=O) groups excluding carboxylic acids is 1. The quantitative estimate of drug-likeness (QED) is 0.751. The summed E-state index contributed by atoms with van der Waals surface area (Å²) in [4.78, 5) is 18.6. The third kappa shape index (κ3) is 6.25. The van der Waals surface area contributed by atoms with E-state index in [1.54, 1.807) is 42.7 Å². The highest BCUT2D eigenvalue weighted by Gasteiger charge is 2.24. The van der Waals surface area contributed by atoms with Crippen molar-refractivity contribution in [3.05, 3.63) is 53.3 Å². The molecule has 27 heavy (non-hydrogen) atoms. The van der Waals surface area contributed by atoms with Crippen molar-refractivity contribution in [1.82, 2.24) is 9.88 Å². The number of halogens is 3. The molecule has 2 N–H and O–H groups in total. The van der Waals surface area contributed by atoms with Crippen molar-refractivity contribution in [3.8, 4) is 11.5 Å². The van der Waals surface area contributed by atoms with E-state index < -0.39 is 0 Å². The molecule has 0 saturated carbocycles. The molecule has 1 fully saturated rings.